The average Bonchev–Trinajstić information content (AvgIpc) is 2.90. The lowest BCUT2D eigenvalue weighted by Gasteiger charge is -2.15. The molecule has 28 heavy (non-hydrogen) atoms. The number of carbonyl (C=O) groups is 2. The molecule has 6 heteroatoms. The number of amides is 2. The Morgan fingerprint density at radius 2 is 1.82 bits per heavy atom. The summed E-state index contributed by atoms with van der Waals surface area (Å²) in [5, 5.41) is 2.95. The van der Waals surface area contributed by atoms with Crippen LogP contribution < -0.4 is 5.32 Å². The molecule has 1 N–H and O–H groups in total. The quantitative estimate of drug-likeness (QED) is 0.558. The van der Waals surface area contributed by atoms with Gasteiger partial charge in [0.2, 0.25) is 0 Å². The first-order valence-electron chi connectivity index (χ1n) is 9.29. The van der Waals surface area contributed by atoms with Crippen molar-refractivity contribution in [1.29, 1.82) is 0 Å². The largest absolute Gasteiger partial charge is 0.382 e. The topological polar surface area (TPSA) is 58.6 Å². The van der Waals surface area contributed by atoms with Crippen LogP contribution in [0.15, 0.2) is 54.2 Å². The lowest BCUT2D eigenvalue weighted by Crippen LogP contribution is -2.34. The number of hydrogen-bond acceptors (Lipinski definition) is 4. The van der Waals surface area contributed by atoms with Crippen LogP contribution in [0.25, 0.3) is 5.57 Å². The molecular formula is C22H23FN2O3. The first-order chi connectivity index (χ1) is 13.5. The maximum Gasteiger partial charge on any atom is 0.278 e. The second kappa shape index (κ2) is 8.80. The smallest absolute Gasteiger partial charge is 0.278 e. The predicted octanol–water partition coefficient (Wildman–Crippen LogP) is 3.75. The number of nitrogens with zero attached hydrogens (tertiary/aromatic N) is 1. The van der Waals surface area contributed by atoms with E-state index in [1.807, 2.05) is 38.1 Å². The Balaban J connectivity index is 1.93. The summed E-state index contributed by atoms with van der Waals surface area (Å²) in [5.41, 5.74) is 2.57. The van der Waals surface area contributed by atoms with Crippen LogP contribution >= 0.6 is 0 Å². The van der Waals surface area contributed by atoms with Crippen molar-refractivity contribution in [3.8, 4) is 0 Å². The molecule has 146 valence electrons. The Morgan fingerprint density at radius 3 is 2.50 bits per heavy atom. The van der Waals surface area contributed by atoms with E-state index in [1.165, 1.54) is 17.0 Å². The van der Waals surface area contributed by atoms with E-state index in [0.717, 1.165) is 5.56 Å². The number of aryl methyl sites for hydroxylation is 1. The normalized spacial score (nSPS) is 14.2. The number of rotatable bonds is 8. The monoisotopic (exact) mass is 382 g/mol. The van der Waals surface area contributed by atoms with Crippen LogP contribution in [0, 0.1) is 12.7 Å². The summed E-state index contributed by atoms with van der Waals surface area (Å²) in [7, 11) is 0. The van der Waals surface area contributed by atoms with Gasteiger partial charge in [0.25, 0.3) is 11.8 Å². The fraction of sp³-hybridized carbons (Fsp3) is 0.273. The van der Waals surface area contributed by atoms with Crippen LogP contribution in [0.4, 0.5) is 10.1 Å². The molecule has 0 saturated heterocycles. The molecule has 2 amide bonds. The van der Waals surface area contributed by atoms with Gasteiger partial charge in [-0.1, -0.05) is 35.9 Å². The number of halogens is 1. The van der Waals surface area contributed by atoms with E-state index in [0.29, 0.717) is 36.5 Å². The second-order valence-electron chi connectivity index (χ2n) is 6.56. The molecule has 0 spiro atoms. The Hall–Kier alpha value is -2.99. The standard InChI is InChI=1S/C22H23FN2O3/c1-3-28-13-5-12-25-21(26)19(16-10-8-15(2)9-11-16)20(22(25)27)24-18-7-4-6-17(23)14-18/h4,6-11,14,24H,3,5,12-13H2,1-2H3. The van der Waals surface area contributed by atoms with Gasteiger partial charge >= 0.3 is 0 Å². The molecule has 0 aromatic heterocycles. The van der Waals surface area contributed by atoms with Crippen LogP contribution in [0.1, 0.15) is 24.5 Å². The minimum Gasteiger partial charge on any atom is -0.382 e. The number of benzene rings is 2. The number of nitrogens with one attached hydrogen (secondary N) is 1. The third-order valence-electron chi connectivity index (χ3n) is 4.48. The van der Waals surface area contributed by atoms with Crippen LogP contribution in [0.3, 0.4) is 0 Å². The number of hydrogen-bond donors (Lipinski definition) is 1. The molecule has 1 heterocycles. The molecule has 0 unspecified atom stereocenters. The molecule has 5 nitrogen and oxygen atoms in total. The van der Waals surface area contributed by atoms with E-state index < -0.39 is 11.7 Å². The number of carbonyl (C=O) groups excluding carboxylic acids is 2. The molecular weight excluding hydrogens is 359 g/mol. The van der Waals surface area contributed by atoms with Gasteiger partial charge in [0.05, 0.1) is 5.57 Å². The zero-order valence-electron chi connectivity index (χ0n) is 16.0. The van der Waals surface area contributed by atoms with Gasteiger partial charge in [0, 0.05) is 25.4 Å². The van der Waals surface area contributed by atoms with Crippen LogP contribution in [0.5, 0.6) is 0 Å². The van der Waals surface area contributed by atoms with Crippen molar-refractivity contribution in [3.63, 3.8) is 0 Å². The summed E-state index contributed by atoms with van der Waals surface area (Å²) in [5.74, 6) is -1.20. The highest BCUT2D eigenvalue weighted by atomic mass is 19.1. The Bertz CT molecular complexity index is 906. The lowest BCUT2D eigenvalue weighted by atomic mass is 10.0. The molecule has 0 aliphatic carbocycles. The fourth-order valence-corrected chi connectivity index (χ4v) is 3.06. The maximum absolute atomic E-state index is 13.6. The molecule has 0 radical (unpaired) electrons. The zero-order chi connectivity index (χ0) is 20.1. The van der Waals surface area contributed by atoms with Crippen LogP contribution in [0.2, 0.25) is 0 Å². The van der Waals surface area contributed by atoms with Gasteiger partial charge < -0.3 is 10.1 Å². The highest BCUT2D eigenvalue weighted by molar-refractivity contribution is 6.36. The first-order valence-corrected chi connectivity index (χ1v) is 9.29. The van der Waals surface area contributed by atoms with E-state index in [9.17, 15) is 14.0 Å². The number of ether oxygens (including phenoxy) is 1. The molecule has 3 rings (SSSR count). The van der Waals surface area contributed by atoms with Crippen molar-refractivity contribution in [3.05, 3.63) is 71.2 Å². The van der Waals surface area contributed by atoms with Crippen molar-refractivity contribution >= 4 is 23.1 Å². The van der Waals surface area contributed by atoms with Gasteiger partial charge in [0.1, 0.15) is 11.5 Å². The van der Waals surface area contributed by atoms with Crippen molar-refractivity contribution in [2.24, 2.45) is 0 Å². The van der Waals surface area contributed by atoms with Gasteiger partial charge in [-0.15, -0.1) is 0 Å². The molecule has 0 bridgehead atoms. The SMILES string of the molecule is CCOCCCN1C(=O)C(Nc2cccc(F)c2)=C(c2ccc(C)cc2)C1=O. The molecule has 2 aromatic carbocycles. The van der Waals surface area contributed by atoms with Crippen LogP contribution in [-0.2, 0) is 14.3 Å². The number of anilines is 1. The lowest BCUT2D eigenvalue weighted by molar-refractivity contribution is -0.137. The molecule has 2 aromatic rings. The minimum absolute atomic E-state index is 0.163. The predicted molar refractivity (Wildman–Crippen MR) is 106 cm³/mol. The van der Waals surface area contributed by atoms with Crippen LogP contribution in [-0.4, -0.2) is 36.5 Å². The summed E-state index contributed by atoms with van der Waals surface area (Å²) in [6.45, 7) is 5.17. The molecule has 0 saturated carbocycles. The third-order valence-corrected chi connectivity index (χ3v) is 4.48. The molecule has 1 aliphatic rings. The first kappa shape index (κ1) is 19.8. The second-order valence-corrected chi connectivity index (χ2v) is 6.56. The summed E-state index contributed by atoms with van der Waals surface area (Å²) < 4.78 is 18.9. The third kappa shape index (κ3) is 4.28. The fourth-order valence-electron chi connectivity index (χ4n) is 3.06. The van der Waals surface area contributed by atoms with Gasteiger partial charge in [-0.25, -0.2) is 4.39 Å². The Kier molecular flexibility index (Phi) is 6.21. The summed E-state index contributed by atoms with van der Waals surface area (Å²) in [6, 6.07) is 13.2. The zero-order valence-corrected chi connectivity index (χ0v) is 16.0. The van der Waals surface area contributed by atoms with E-state index in [2.05, 4.69) is 5.32 Å². The van der Waals surface area contributed by atoms with Crippen molar-refractivity contribution in [2.75, 3.05) is 25.1 Å². The Morgan fingerprint density at radius 1 is 1.07 bits per heavy atom. The van der Waals surface area contributed by atoms with Crippen molar-refractivity contribution in [2.45, 2.75) is 20.3 Å². The van der Waals surface area contributed by atoms with E-state index in [-0.39, 0.29) is 18.1 Å². The highest BCUT2D eigenvalue weighted by Gasteiger charge is 2.38. The summed E-state index contributed by atoms with van der Waals surface area (Å²) in [4.78, 5) is 27.2. The van der Waals surface area contributed by atoms with E-state index in [4.69, 9.17) is 4.74 Å². The van der Waals surface area contributed by atoms with Gasteiger partial charge in [-0.3, -0.25) is 14.5 Å². The van der Waals surface area contributed by atoms with E-state index in [1.54, 1.807) is 12.1 Å². The average molecular weight is 382 g/mol. The van der Waals surface area contributed by atoms with Gasteiger partial charge in [0.15, 0.2) is 0 Å². The van der Waals surface area contributed by atoms with E-state index >= 15 is 0 Å². The summed E-state index contributed by atoms with van der Waals surface area (Å²) in [6.07, 6.45) is 0.555. The molecule has 0 fully saturated rings. The highest BCUT2D eigenvalue weighted by Crippen LogP contribution is 2.30. The van der Waals surface area contributed by atoms with Gasteiger partial charge in [-0.05, 0) is 44.0 Å². The van der Waals surface area contributed by atoms with Crippen molar-refractivity contribution in [1.82, 2.24) is 4.90 Å². The Labute approximate surface area is 163 Å². The molecule has 0 atom stereocenters. The minimum atomic E-state index is -0.423. The maximum atomic E-state index is 13.6. The molecule has 1 aliphatic heterocycles. The summed E-state index contributed by atoms with van der Waals surface area (Å²) >= 11 is 0. The van der Waals surface area contributed by atoms with Crippen molar-refractivity contribution < 1.29 is 18.7 Å². The number of imide groups is 1. The van der Waals surface area contributed by atoms with Gasteiger partial charge in [-0.2, -0.15) is 0 Å².